The molecule has 1 rings (SSSR count). The van der Waals surface area contributed by atoms with Gasteiger partial charge in [0.1, 0.15) is 5.72 Å². The molecule has 1 heterocycles. The van der Waals surface area contributed by atoms with E-state index in [0.717, 1.165) is 6.42 Å². The molecule has 0 amide bonds. The normalized spacial score (nSPS) is 24.0. The van der Waals surface area contributed by atoms with Crippen LogP contribution in [0.3, 0.4) is 0 Å². The Kier molecular flexibility index (Phi) is 8.53. The van der Waals surface area contributed by atoms with Crippen molar-refractivity contribution in [3.8, 4) is 0 Å². The van der Waals surface area contributed by atoms with Gasteiger partial charge in [-0.2, -0.15) is 0 Å². The minimum atomic E-state index is -0.429. The molecule has 1 aliphatic rings. The zero-order valence-electron chi connectivity index (χ0n) is 14.5. The average Bonchev–Trinajstić information content (AvgIpc) is 2.71. The first-order valence-corrected chi connectivity index (χ1v) is 8.70. The van der Waals surface area contributed by atoms with Crippen LogP contribution in [0.4, 0.5) is 0 Å². The van der Waals surface area contributed by atoms with Gasteiger partial charge in [-0.1, -0.05) is 57.6 Å². The van der Waals surface area contributed by atoms with E-state index < -0.39 is 6.10 Å². The van der Waals surface area contributed by atoms with E-state index in [-0.39, 0.29) is 11.8 Å². The highest BCUT2D eigenvalue weighted by atomic mass is 16.5. The summed E-state index contributed by atoms with van der Waals surface area (Å²) >= 11 is 0. The van der Waals surface area contributed by atoms with Crippen LogP contribution in [0.5, 0.6) is 0 Å². The van der Waals surface area contributed by atoms with Gasteiger partial charge >= 0.3 is 0 Å². The Hall–Kier alpha value is -0.380. The van der Waals surface area contributed by atoms with Crippen LogP contribution in [-0.2, 0) is 4.74 Å². The third-order valence-corrected chi connectivity index (χ3v) is 4.66. The second kappa shape index (κ2) is 9.60. The summed E-state index contributed by atoms with van der Waals surface area (Å²) in [7, 11) is 2.02. The van der Waals surface area contributed by atoms with Crippen molar-refractivity contribution in [2.75, 3.05) is 13.7 Å². The van der Waals surface area contributed by atoms with Gasteiger partial charge in [0.05, 0.1) is 18.8 Å². The summed E-state index contributed by atoms with van der Waals surface area (Å²) < 4.78 is 5.71. The predicted octanol–water partition coefficient (Wildman–Crippen LogP) is 4.11. The molecule has 0 aromatic rings. The molecule has 0 aromatic carbocycles. The highest BCUT2D eigenvalue weighted by Crippen LogP contribution is 2.27. The van der Waals surface area contributed by atoms with Gasteiger partial charge in [0.25, 0.3) is 0 Å². The monoisotopic (exact) mass is 297 g/mol. The van der Waals surface area contributed by atoms with E-state index in [1.54, 1.807) is 0 Å². The van der Waals surface area contributed by atoms with Crippen molar-refractivity contribution in [2.45, 2.75) is 90.0 Å². The number of aliphatic hydroxyl groups is 1. The Morgan fingerprint density at radius 3 is 2.38 bits per heavy atom. The molecular formula is C18H35NO2. The third kappa shape index (κ3) is 6.50. The molecule has 1 saturated heterocycles. The Bertz CT molecular complexity index is 302. The Labute approximate surface area is 131 Å². The SMILES string of the molecule is CCCCCCCCC/C=C/[C@@H](O)[C@@H]1COC(C)(C)N1C. The van der Waals surface area contributed by atoms with Crippen molar-refractivity contribution in [2.24, 2.45) is 0 Å². The molecule has 124 valence electrons. The maximum Gasteiger partial charge on any atom is 0.116 e. The smallest absolute Gasteiger partial charge is 0.116 e. The number of rotatable bonds is 10. The van der Waals surface area contributed by atoms with Gasteiger partial charge in [0.2, 0.25) is 0 Å². The molecule has 0 unspecified atom stereocenters. The molecule has 3 nitrogen and oxygen atoms in total. The molecule has 0 aliphatic carbocycles. The van der Waals surface area contributed by atoms with Crippen molar-refractivity contribution >= 4 is 0 Å². The van der Waals surface area contributed by atoms with E-state index in [0.29, 0.717) is 6.61 Å². The molecule has 21 heavy (non-hydrogen) atoms. The van der Waals surface area contributed by atoms with Crippen LogP contribution in [0.2, 0.25) is 0 Å². The van der Waals surface area contributed by atoms with Crippen LogP contribution in [0, 0.1) is 0 Å². The summed E-state index contributed by atoms with van der Waals surface area (Å²) in [4.78, 5) is 2.12. The number of allylic oxidation sites excluding steroid dienone is 1. The van der Waals surface area contributed by atoms with Crippen molar-refractivity contribution < 1.29 is 9.84 Å². The first-order chi connectivity index (χ1) is 9.99. The second-order valence-electron chi connectivity index (χ2n) is 6.76. The number of ether oxygens (including phenoxy) is 1. The lowest BCUT2D eigenvalue weighted by Crippen LogP contribution is -2.45. The number of aliphatic hydroxyl groups excluding tert-OH is 1. The van der Waals surface area contributed by atoms with Crippen molar-refractivity contribution in [3.05, 3.63) is 12.2 Å². The molecule has 1 aliphatic heterocycles. The minimum Gasteiger partial charge on any atom is -0.387 e. The number of unbranched alkanes of at least 4 members (excludes halogenated alkanes) is 7. The lowest BCUT2D eigenvalue weighted by molar-refractivity contribution is -0.0444. The predicted molar refractivity (Wildman–Crippen MR) is 89.3 cm³/mol. The highest BCUT2D eigenvalue weighted by Gasteiger charge is 2.40. The first kappa shape index (κ1) is 18.7. The average molecular weight is 297 g/mol. The van der Waals surface area contributed by atoms with Crippen LogP contribution in [-0.4, -0.2) is 41.5 Å². The molecule has 1 N–H and O–H groups in total. The van der Waals surface area contributed by atoms with Gasteiger partial charge in [-0.05, 0) is 33.7 Å². The fraction of sp³-hybridized carbons (Fsp3) is 0.889. The second-order valence-corrected chi connectivity index (χ2v) is 6.76. The maximum absolute atomic E-state index is 10.2. The molecule has 0 aromatic heterocycles. The van der Waals surface area contributed by atoms with Crippen molar-refractivity contribution in [1.82, 2.24) is 4.90 Å². The number of likely N-dealkylation sites (N-methyl/N-ethyl adjacent to an activating group) is 1. The van der Waals surface area contributed by atoms with Crippen LogP contribution >= 0.6 is 0 Å². The molecule has 3 heteroatoms. The molecule has 0 saturated carbocycles. The van der Waals surface area contributed by atoms with Gasteiger partial charge in [0, 0.05) is 0 Å². The maximum atomic E-state index is 10.2. The fourth-order valence-corrected chi connectivity index (χ4v) is 2.81. The van der Waals surface area contributed by atoms with E-state index in [2.05, 4.69) is 17.9 Å². The Balaban J connectivity index is 2.11. The van der Waals surface area contributed by atoms with Gasteiger partial charge < -0.3 is 9.84 Å². The molecule has 2 atom stereocenters. The topological polar surface area (TPSA) is 32.7 Å². The molecule has 0 spiro atoms. The molecule has 1 fully saturated rings. The fourth-order valence-electron chi connectivity index (χ4n) is 2.81. The van der Waals surface area contributed by atoms with Gasteiger partial charge in [-0.25, -0.2) is 0 Å². The van der Waals surface area contributed by atoms with Gasteiger partial charge in [-0.3, -0.25) is 4.90 Å². The molecule has 0 bridgehead atoms. The van der Waals surface area contributed by atoms with Crippen molar-refractivity contribution in [1.29, 1.82) is 0 Å². The van der Waals surface area contributed by atoms with E-state index in [1.165, 1.54) is 44.9 Å². The summed E-state index contributed by atoms with van der Waals surface area (Å²) in [6, 6.07) is 0.0743. The van der Waals surface area contributed by atoms with Crippen LogP contribution < -0.4 is 0 Å². The largest absolute Gasteiger partial charge is 0.387 e. The van der Waals surface area contributed by atoms with Gasteiger partial charge in [0.15, 0.2) is 0 Å². The summed E-state index contributed by atoms with van der Waals surface area (Å²) in [5, 5.41) is 10.2. The number of hydrogen-bond acceptors (Lipinski definition) is 3. The Morgan fingerprint density at radius 2 is 1.81 bits per heavy atom. The Morgan fingerprint density at radius 1 is 1.19 bits per heavy atom. The molecular weight excluding hydrogens is 262 g/mol. The summed E-state index contributed by atoms with van der Waals surface area (Å²) in [5.74, 6) is 0. The number of nitrogens with zero attached hydrogens (tertiary/aromatic N) is 1. The summed E-state index contributed by atoms with van der Waals surface area (Å²) in [5.41, 5.74) is -0.266. The minimum absolute atomic E-state index is 0.0743. The lowest BCUT2D eigenvalue weighted by Gasteiger charge is -2.30. The standard InChI is InChI=1S/C18H35NO2/c1-5-6-7-8-9-10-11-12-13-14-17(20)16-15-21-18(2,3)19(16)4/h13-14,16-17,20H,5-12,15H2,1-4H3/b14-13+/t16-,17+/m0/s1. The van der Waals surface area contributed by atoms with E-state index in [1.807, 2.05) is 27.0 Å². The summed E-state index contributed by atoms with van der Waals surface area (Å²) in [6.45, 7) is 6.94. The molecule has 0 radical (unpaired) electrons. The highest BCUT2D eigenvalue weighted by molar-refractivity contribution is 4.99. The first-order valence-electron chi connectivity index (χ1n) is 8.70. The zero-order chi connectivity index (χ0) is 15.7. The zero-order valence-corrected chi connectivity index (χ0v) is 14.5. The van der Waals surface area contributed by atoms with Crippen molar-refractivity contribution in [3.63, 3.8) is 0 Å². The van der Waals surface area contributed by atoms with Gasteiger partial charge in [-0.15, -0.1) is 0 Å². The van der Waals surface area contributed by atoms with Crippen LogP contribution in [0.15, 0.2) is 12.2 Å². The lowest BCUT2D eigenvalue weighted by atomic mass is 10.1. The number of hydrogen-bond donors (Lipinski definition) is 1. The van der Waals surface area contributed by atoms with E-state index in [4.69, 9.17) is 4.74 Å². The van der Waals surface area contributed by atoms with Crippen LogP contribution in [0.1, 0.15) is 72.1 Å². The van der Waals surface area contributed by atoms with E-state index >= 15 is 0 Å². The third-order valence-electron chi connectivity index (χ3n) is 4.66. The quantitative estimate of drug-likeness (QED) is 0.486. The van der Waals surface area contributed by atoms with Crippen LogP contribution in [0.25, 0.3) is 0 Å². The van der Waals surface area contributed by atoms with E-state index in [9.17, 15) is 5.11 Å². The summed E-state index contributed by atoms with van der Waals surface area (Å²) in [6.07, 6.45) is 14.1.